The zero-order valence-electron chi connectivity index (χ0n) is 12.3. The molecule has 0 aromatic rings. The molecule has 1 N–H and O–H groups in total. The molecule has 2 unspecified atom stereocenters. The highest BCUT2D eigenvalue weighted by molar-refractivity contribution is 5.88. The Balaban J connectivity index is 2.01. The monoisotopic (exact) mass is 298 g/mol. The molecule has 2 saturated heterocycles. The Morgan fingerprint density at radius 1 is 1.29 bits per heavy atom. The summed E-state index contributed by atoms with van der Waals surface area (Å²) in [6.45, 7) is 3.21. The molecule has 0 aromatic heterocycles. The molecule has 2 amide bonds. The van der Waals surface area contributed by atoms with Crippen molar-refractivity contribution in [2.45, 2.75) is 44.8 Å². The molecule has 0 radical (unpaired) electrons. The summed E-state index contributed by atoms with van der Waals surface area (Å²) < 4.78 is 5.12. The van der Waals surface area contributed by atoms with Gasteiger partial charge in [-0.25, -0.2) is 4.79 Å². The van der Waals surface area contributed by atoms with E-state index in [1.807, 2.05) is 6.92 Å². The molecule has 2 aliphatic heterocycles. The van der Waals surface area contributed by atoms with Crippen molar-refractivity contribution in [3.8, 4) is 0 Å². The Morgan fingerprint density at radius 2 is 2.05 bits per heavy atom. The summed E-state index contributed by atoms with van der Waals surface area (Å²) in [7, 11) is 0. The summed E-state index contributed by atoms with van der Waals surface area (Å²) in [5, 5.41) is 8.99. The lowest BCUT2D eigenvalue weighted by Crippen LogP contribution is -2.54. The Hall–Kier alpha value is -1.63. The van der Waals surface area contributed by atoms with Crippen LogP contribution in [0.5, 0.6) is 0 Å². The summed E-state index contributed by atoms with van der Waals surface area (Å²) in [6, 6.07) is -0.434. The zero-order valence-corrected chi connectivity index (χ0v) is 12.3. The average Bonchev–Trinajstić information content (AvgIpc) is 2.96. The highest BCUT2D eigenvalue weighted by Crippen LogP contribution is 2.22. The van der Waals surface area contributed by atoms with E-state index < -0.39 is 18.1 Å². The van der Waals surface area contributed by atoms with Crippen LogP contribution in [0.2, 0.25) is 0 Å². The fraction of sp³-hybridized carbons (Fsp3) is 0.786. The maximum atomic E-state index is 12.6. The van der Waals surface area contributed by atoms with E-state index in [4.69, 9.17) is 9.84 Å². The standard InChI is InChI=1S/C14H22N2O5/c1-2-4-12(17)16-6-3-5-10(16)13(18)15-7-8-21-11(9-15)14(19)20/h10-11H,2-9H2,1H3,(H,19,20). The van der Waals surface area contributed by atoms with Crippen LogP contribution in [0.1, 0.15) is 32.6 Å². The minimum Gasteiger partial charge on any atom is -0.479 e. The number of amides is 2. The van der Waals surface area contributed by atoms with Crippen molar-refractivity contribution >= 4 is 17.8 Å². The molecule has 21 heavy (non-hydrogen) atoms. The van der Waals surface area contributed by atoms with Gasteiger partial charge in [-0.1, -0.05) is 6.92 Å². The third-order valence-electron chi connectivity index (χ3n) is 3.98. The number of carboxylic acids is 1. The van der Waals surface area contributed by atoms with Gasteiger partial charge in [-0.05, 0) is 19.3 Å². The van der Waals surface area contributed by atoms with E-state index in [0.29, 0.717) is 25.9 Å². The Bertz CT molecular complexity index is 426. The van der Waals surface area contributed by atoms with Crippen molar-refractivity contribution in [1.29, 1.82) is 0 Å². The predicted molar refractivity (Wildman–Crippen MR) is 73.6 cm³/mol. The summed E-state index contributed by atoms with van der Waals surface area (Å²) in [5.41, 5.74) is 0. The highest BCUT2D eigenvalue weighted by Gasteiger charge is 2.38. The van der Waals surface area contributed by atoms with Gasteiger partial charge in [0.25, 0.3) is 0 Å². The van der Waals surface area contributed by atoms with Crippen LogP contribution >= 0.6 is 0 Å². The van der Waals surface area contributed by atoms with Gasteiger partial charge in [-0.15, -0.1) is 0 Å². The lowest BCUT2D eigenvalue weighted by molar-refractivity contribution is -0.161. The molecule has 0 bridgehead atoms. The summed E-state index contributed by atoms with van der Waals surface area (Å²) >= 11 is 0. The maximum Gasteiger partial charge on any atom is 0.334 e. The van der Waals surface area contributed by atoms with E-state index in [1.165, 1.54) is 4.90 Å². The quantitative estimate of drug-likeness (QED) is 0.795. The lowest BCUT2D eigenvalue weighted by Gasteiger charge is -2.34. The van der Waals surface area contributed by atoms with E-state index in [9.17, 15) is 14.4 Å². The second-order valence-electron chi connectivity index (χ2n) is 5.48. The normalized spacial score (nSPS) is 26.0. The average molecular weight is 298 g/mol. The van der Waals surface area contributed by atoms with Crippen LogP contribution < -0.4 is 0 Å². The summed E-state index contributed by atoms with van der Waals surface area (Å²) in [5.74, 6) is -1.19. The van der Waals surface area contributed by atoms with E-state index in [2.05, 4.69) is 0 Å². The molecule has 2 aliphatic rings. The number of hydrogen-bond donors (Lipinski definition) is 1. The first-order valence-corrected chi connectivity index (χ1v) is 7.47. The first kappa shape index (κ1) is 15.8. The van der Waals surface area contributed by atoms with Crippen LogP contribution in [-0.2, 0) is 19.1 Å². The molecular formula is C14H22N2O5. The van der Waals surface area contributed by atoms with Crippen molar-refractivity contribution in [1.82, 2.24) is 9.80 Å². The van der Waals surface area contributed by atoms with E-state index >= 15 is 0 Å². The largest absolute Gasteiger partial charge is 0.479 e. The van der Waals surface area contributed by atoms with Gasteiger partial charge in [0.2, 0.25) is 11.8 Å². The Kier molecular flexibility index (Phi) is 5.17. The van der Waals surface area contributed by atoms with Crippen LogP contribution in [0, 0.1) is 0 Å². The number of carbonyl (C=O) groups excluding carboxylic acids is 2. The summed E-state index contributed by atoms with van der Waals surface area (Å²) in [6.07, 6.45) is 1.71. The van der Waals surface area contributed by atoms with Crippen LogP contribution in [0.25, 0.3) is 0 Å². The number of carboxylic acid groups (broad SMARTS) is 1. The molecular weight excluding hydrogens is 276 g/mol. The smallest absolute Gasteiger partial charge is 0.334 e. The topological polar surface area (TPSA) is 87.2 Å². The SMILES string of the molecule is CCCC(=O)N1CCCC1C(=O)N1CCOC(C(=O)O)C1. The third kappa shape index (κ3) is 3.53. The number of rotatable bonds is 4. The fourth-order valence-electron chi connectivity index (χ4n) is 2.89. The van der Waals surface area contributed by atoms with E-state index in [0.717, 1.165) is 12.8 Å². The first-order chi connectivity index (χ1) is 10.0. The van der Waals surface area contributed by atoms with Crippen LogP contribution in [0.15, 0.2) is 0 Å². The maximum absolute atomic E-state index is 12.6. The van der Waals surface area contributed by atoms with E-state index in [-0.39, 0.29) is 25.0 Å². The molecule has 7 nitrogen and oxygen atoms in total. The number of ether oxygens (including phenoxy) is 1. The number of nitrogens with zero attached hydrogens (tertiary/aromatic N) is 2. The molecule has 118 valence electrons. The van der Waals surface area contributed by atoms with Crippen molar-refractivity contribution in [2.24, 2.45) is 0 Å². The van der Waals surface area contributed by atoms with Gasteiger partial charge < -0.3 is 19.6 Å². The van der Waals surface area contributed by atoms with E-state index in [1.54, 1.807) is 4.90 Å². The molecule has 0 spiro atoms. The van der Waals surface area contributed by atoms with Crippen molar-refractivity contribution < 1.29 is 24.2 Å². The van der Waals surface area contributed by atoms with Crippen LogP contribution in [0.3, 0.4) is 0 Å². The van der Waals surface area contributed by atoms with Gasteiger partial charge in [0.1, 0.15) is 6.04 Å². The third-order valence-corrected chi connectivity index (χ3v) is 3.98. The molecule has 0 aliphatic carbocycles. The minimum atomic E-state index is -1.06. The number of carbonyl (C=O) groups is 3. The van der Waals surface area contributed by atoms with Crippen LogP contribution in [0.4, 0.5) is 0 Å². The van der Waals surface area contributed by atoms with Crippen molar-refractivity contribution in [2.75, 3.05) is 26.2 Å². The minimum absolute atomic E-state index is 0.0106. The summed E-state index contributed by atoms with van der Waals surface area (Å²) in [4.78, 5) is 38.8. The molecule has 0 saturated carbocycles. The van der Waals surface area contributed by atoms with Crippen LogP contribution in [-0.4, -0.2) is 71.1 Å². The lowest BCUT2D eigenvalue weighted by atomic mass is 10.1. The van der Waals surface area contributed by atoms with Gasteiger partial charge in [0.05, 0.1) is 13.2 Å². The highest BCUT2D eigenvalue weighted by atomic mass is 16.5. The molecule has 7 heteroatoms. The number of likely N-dealkylation sites (tertiary alicyclic amines) is 1. The second kappa shape index (κ2) is 6.89. The molecule has 2 rings (SSSR count). The first-order valence-electron chi connectivity index (χ1n) is 7.47. The van der Waals surface area contributed by atoms with Gasteiger partial charge in [0.15, 0.2) is 6.10 Å². The van der Waals surface area contributed by atoms with Gasteiger partial charge in [0, 0.05) is 19.5 Å². The Labute approximate surface area is 123 Å². The Morgan fingerprint density at radius 3 is 2.71 bits per heavy atom. The van der Waals surface area contributed by atoms with Crippen molar-refractivity contribution in [3.63, 3.8) is 0 Å². The predicted octanol–water partition coefficient (Wildman–Crippen LogP) is 0.0895. The zero-order chi connectivity index (χ0) is 15.4. The number of hydrogen-bond acceptors (Lipinski definition) is 4. The van der Waals surface area contributed by atoms with Gasteiger partial charge in [-0.3, -0.25) is 9.59 Å². The molecule has 2 fully saturated rings. The van der Waals surface area contributed by atoms with Gasteiger partial charge in [-0.2, -0.15) is 0 Å². The number of morpholine rings is 1. The number of aliphatic carboxylic acids is 1. The van der Waals surface area contributed by atoms with Crippen molar-refractivity contribution in [3.05, 3.63) is 0 Å². The van der Waals surface area contributed by atoms with Gasteiger partial charge >= 0.3 is 5.97 Å². The molecule has 0 aromatic carbocycles. The second-order valence-corrected chi connectivity index (χ2v) is 5.48. The fourth-order valence-corrected chi connectivity index (χ4v) is 2.89. The molecule has 2 atom stereocenters. The molecule has 2 heterocycles.